The molecule has 2 aromatic rings. The van der Waals surface area contributed by atoms with Crippen LogP contribution in [0.1, 0.15) is 13.3 Å². The number of nitrogens with zero attached hydrogens (tertiary/aromatic N) is 5. The summed E-state index contributed by atoms with van der Waals surface area (Å²) in [7, 11) is 1.79. The van der Waals surface area contributed by atoms with Gasteiger partial charge in [0.2, 0.25) is 17.8 Å². The summed E-state index contributed by atoms with van der Waals surface area (Å²) in [6, 6.07) is 0.341. The highest BCUT2D eigenvalue weighted by Gasteiger charge is 2.11. The number of imidazole rings is 1. The molecule has 0 saturated carbocycles. The molecule has 0 saturated heterocycles. The molecule has 2 aromatic heterocycles. The highest BCUT2D eigenvalue weighted by Crippen LogP contribution is 2.12. The normalized spacial score (nSPS) is 12.2. The zero-order valence-corrected chi connectivity index (χ0v) is 12.7. The maximum Gasteiger partial charge on any atom is 0.241 e. The number of hydrogen-bond acceptors (Lipinski definition) is 7. The Balaban J connectivity index is 2.26. The summed E-state index contributed by atoms with van der Waals surface area (Å²) in [4.78, 5) is 17.1. The van der Waals surface area contributed by atoms with Crippen LogP contribution in [0, 0.1) is 0 Å². The van der Waals surface area contributed by atoms with Crippen LogP contribution in [0.15, 0.2) is 18.7 Å². The predicted molar refractivity (Wildman–Crippen MR) is 82.6 cm³/mol. The van der Waals surface area contributed by atoms with Gasteiger partial charge in [-0.1, -0.05) is 6.92 Å². The third-order valence-electron chi connectivity index (χ3n) is 2.78. The van der Waals surface area contributed by atoms with Crippen molar-refractivity contribution < 1.29 is 0 Å². The van der Waals surface area contributed by atoms with Crippen molar-refractivity contribution in [2.24, 2.45) is 0 Å². The van der Waals surface area contributed by atoms with Crippen LogP contribution in [0.4, 0.5) is 11.9 Å². The minimum absolute atomic E-state index is 0.341. The van der Waals surface area contributed by atoms with Gasteiger partial charge in [-0.3, -0.25) is 4.57 Å². The first-order chi connectivity index (χ1) is 9.76. The van der Waals surface area contributed by atoms with Crippen molar-refractivity contribution >= 4 is 23.7 Å². The fourth-order valence-electron chi connectivity index (χ4n) is 1.68. The van der Waals surface area contributed by atoms with E-state index in [1.807, 2.05) is 0 Å². The summed E-state index contributed by atoms with van der Waals surface area (Å²) in [6.07, 6.45) is 8.27. The first-order valence-corrected chi connectivity index (χ1v) is 7.83. The molecule has 0 bridgehead atoms. The van der Waals surface area contributed by atoms with Gasteiger partial charge in [-0.05, 0) is 12.7 Å². The van der Waals surface area contributed by atoms with Gasteiger partial charge in [0.15, 0.2) is 0 Å². The average molecular weight is 293 g/mol. The highest BCUT2D eigenvalue weighted by atomic mass is 32.2. The van der Waals surface area contributed by atoms with E-state index in [0.29, 0.717) is 23.9 Å². The molecule has 0 aliphatic carbocycles. The molecule has 0 aliphatic heterocycles. The van der Waals surface area contributed by atoms with E-state index in [0.717, 1.165) is 12.2 Å². The summed E-state index contributed by atoms with van der Waals surface area (Å²) >= 11 is 1.80. The van der Waals surface area contributed by atoms with Crippen molar-refractivity contribution in [1.82, 2.24) is 24.5 Å². The molecule has 0 aromatic carbocycles. The van der Waals surface area contributed by atoms with Gasteiger partial charge in [-0.15, -0.1) is 0 Å². The Labute approximate surface area is 122 Å². The van der Waals surface area contributed by atoms with E-state index in [4.69, 9.17) is 0 Å². The third kappa shape index (κ3) is 3.60. The van der Waals surface area contributed by atoms with Crippen molar-refractivity contribution in [3.63, 3.8) is 0 Å². The van der Waals surface area contributed by atoms with Crippen molar-refractivity contribution in [2.45, 2.75) is 19.4 Å². The summed E-state index contributed by atoms with van der Waals surface area (Å²) in [6.45, 7) is 2.14. The lowest BCUT2D eigenvalue weighted by Crippen LogP contribution is -2.23. The summed E-state index contributed by atoms with van der Waals surface area (Å²) in [5.41, 5.74) is 0. The van der Waals surface area contributed by atoms with E-state index in [2.05, 4.69) is 43.7 Å². The largest absolute Gasteiger partial charge is 0.357 e. The maximum atomic E-state index is 4.43. The number of aromatic nitrogens is 5. The molecule has 0 amide bonds. The molecule has 7 nitrogen and oxygen atoms in total. The van der Waals surface area contributed by atoms with Crippen LogP contribution in [0.3, 0.4) is 0 Å². The standard InChI is InChI=1S/C12H19N7S/c1-4-9(7-20-3)15-11-16-10(13-2)17-12(18-11)19-6-5-14-8-19/h5-6,8-9H,4,7H2,1-3H3,(H2,13,15,16,17,18). The topological polar surface area (TPSA) is 80.5 Å². The van der Waals surface area contributed by atoms with E-state index < -0.39 is 0 Å². The SMILES string of the molecule is CCC(CSC)Nc1nc(NC)nc(-n2ccnc2)n1. The molecule has 0 spiro atoms. The lowest BCUT2D eigenvalue weighted by atomic mass is 10.3. The van der Waals surface area contributed by atoms with Gasteiger partial charge in [-0.2, -0.15) is 26.7 Å². The average Bonchev–Trinajstić information content (AvgIpc) is 3.00. The Morgan fingerprint density at radius 2 is 2.10 bits per heavy atom. The lowest BCUT2D eigenvalue weighted by Gasteiger charge is -2.16. The minimum Gasteiger partial charge on any atom is -0.357 e. The molecule has 1 unspecified atom stereocenters. The van der Waals surface area contributed by atoms with Gasteiger partial charge in [0.05, 0.1) is 0 Å². The first kappa shape index (κ1) is 14.6. The zero-order valence-electron chi connectivity index (χ0n) is 11.9. The molecular formula is C12H19N7S. The van der Waals surface area contributed by atoms with Crippen LogP contribution in [-0.2, 0) is 0 Å². The maximum absolute atomic E-state index is 4.43. The molecule has 0 radical (unpaired) electrons. The Morgan fingerprint density at radius 3 is 2.70 bits per heavy atom. The Morgan fingerprint density at radius 1 is 1.30 bits per heavy atom. The first-order valence-electron chi connectivity index (χ1n) is 6.44. The molecule has 1 atom stereocenters. The van der Waals surface area contributed by atoms with Crippen LogP contribution in [-0.4, -0.2) is 49.6 Å². The van der Waals surface area contributed by atoms with Gasteiger partial charge in [0.25, 0.3) is 0 Å². The van der Waals surface area contributed by atoms with Crippen LogP contribution < -0.4 is 10.6 Å². The summed E-state index contributed by atoms with van der Waals surface area (Å²) in [5, 5.41) is 6.30. The predicted octanol–water partition coefficient (Wildman–Crippen LogP) is 1.65. The fourth-order valence-corrected chi connectivity index (χ4v) is 2.40. The van der Waals surface area contributed by atoms with Crippen LogP contribution in [0.25, 0.3) is 5.95 Å². The van der Waals surface area contributed by atoms with E-state index in [1.165, 1.54) is 0 Å². The van der Waals surface area contributed by atoms with Gasteiger partial charge in [0, 0.05) is 31.2 Å². The quantitative estimate of drug-likeness (QED) is 0.803. The smallest absolute Gasteiger partial charge is 0.241 e. The van der Waals surface area contributed by atoms with Crippen LogP contribution in [0.2, 0.25) is 0 Å². The molecule has 2 N–H and O–H groups in total. The van der Waals surface area contributed by atoms with E-state index >= 15 is 0 Å². The Kier molecular flexibility index (Phi) is 5.16. The van der Waals surface area contributed by atoms with Crippen LogP contribution in [0.5, 0.6) is 0 Å². The molecular weight excluding hydrogens is 274 g/mol. The minimum atomic E-state index is 0.341. The van der Waals surface area contributed by atoms with Crippen molar-refractivity contribution in [3.05, 3.63) is 18.7 Å². The molecule has 108 valence electrons. The number of rotatable bonds is 7. The number of hydrogen-bond donors (Lipinski definition) is 2. The Hall–Kier alpha value is -1.83. The number of thioether (sulfide) groups is 1. The van der Waals surface area contributed by atoms with E-state index in [9.17, 15) is 0 Å². The molecule has 20 heavy (non-hydrogen) atoms. The molecule has 2 rings (SSSR count). The summed E-state index contributed by atoms with van der Waals surface area (Å²) < 4.78 is 1.75. The lowest BCUT2D eigenvalue weighted by molar-refractivity contribution is 0.757. The van der Waals surface area contributed by atoms with Gasteiger partial charge >= 0.3 is 0 Å². The van der Waals surface area contributed by atoms with Gasteiger partial charge < -0.3 is 10.6 Å². The van der Waals surface area contributed by atoms with E-state index in [-0.39, 0.29) is 0 Å². The zero-order chi connectivity index (χ0) is 14.4. The van der Waals surface area contributed by atoms with E-state index in [1.54, 1.807) is 42.1 Å². The van der Waals surface area contributed by atoms with Crippen molar-refractivity contribution in [2.75, 3.05) is 29.7 Å². The number of anilines is 2. The molecule has 2 heterocycles. The second-order valence-corrected chi connectivity index (χ2v) is 5.12. The third-order valence-corrected chi connectivity index (χ3v) is 3.51. The molecule has 0 aliphatic rings. The monoisotopic (exact) mass is 293 g/mol. The highest BCUT2D eigenvalue weighted by molar-refractivity contribution is 7.98. The van der Waals surface area contributed by atoms with Crippen LogP contribution >= 0.6 is 11.8 Å². The van der Waals surface area contributed by atoms with Gasteiger partial charge in [0.1, 0.15) is 6.33 Å². The second-order valence-electron chi connectivity index (χ2n) is 4.21. The molecule has 0 fully saturated rings. The van der Waals surface area contributed by atoms with Gasteiger partial charge in [-0.25, -0.2) is 4.98 Å². The van der Waals surface area contributed by atoms with Crippen molar-refractivity contribution in [3.8, 4) is 5.95 Å². The number of nitrogens with one attached hydrogen (secondary N) is 2. The second kappa shape index (κ2) is 7.09. The van der Waals surface area contributed by atoms with Crippen molar-refractivity contribution in [1.29, 1.82) is 0 Å². The molecule has 8 heteroatoms. The Bertz CT molecular complexity index is 529. The summed E-state index contributed by atoms with van der Waals surface area (Å²) in [5.74, 6) is 2.67. The fraction of sp³-hybridized carbons (Fsp3) is 0.500.